The molecule has 0 aliphatic carbocycles. The molecule has 188 valence electrons. The van der Waals surface area contributed by atoms with E-state index in [1.54, 1.807) is 0 Å². The monoisotopic (exact) mass is 483 g/mol. The average molecular weight is 484 g/mol. The zero-order valence-electron chi connectivity index (χ0n) is 21.8. The van der Waals surface area contributed by atoms with Crippen molar-refractivity contribution in [2.45, 2.75) is 39.5 Å². The van der Waals surface area contributed by atoms with Crippen LogP contribution >= 0.6 is 0 Å². The molecule has 0 fully saturated rings. The number of aromatic nitrogens is 1. The molecule has 1 aromatic heterocycles. The number of rotatable bonds is 4. The Bertz CT molecular complexity index is 1250. The third kappa shape index (κ3) is 5.20. The smallest absolute Gasteiger partial charge is 0.208 e. The first-order valence-electron chi connectivity index (χ1n) is 12.6. The third-order valence-electron chi connectivity index (χ3n) is 6.88. The molecular weight excluding hydrogens is 446 g/mol. The van der Waals surface area contributed by atoms with E-state index < -0.39 is 0 Å². The molecule has 0 unspecified atom stereocenters. The van der Waals surface area contributed by atoms with Crippen molar-refractivity contribution in [2.75, 3.05) is 30.9 Å². The van der Waals surface area contributed by atoms with Gasteiger partial charge < -0.3 is 26.3 Å². The maximum absolute atomic E-state index is 8.11. The molecule has 2 bridgehead atoms. The van der Waals surface area contributed by atoms with Gasteiger partial charge in [0.1, 0.15) is 0 Å². The first-order chi connectivity index (χ1) is 17.3. The summed E-state index contributed by atoms with van der Waals surface area (Å²) in [6.45, 7) is 13.6. The van der Waals surface area contributed by atoms with Crippen LogP contribution in [0.25, 0.3) is 17.0 Å². The fourth-order valence-corrected chi connectivity index (χ4v) is 4.84. The van der Waals surface area contributed by atoms with Gasteiger partial charge >= 0.3 is 0 Å². The lowest BCUT2D eigenvalue weighted by Crippen LogP contribution is -2.34. The van der Waals surface area contributed by atoms with E-state index in [-0.39, 0.29) is 0 Å². The fourth-order valence-electron chi connectivity index (χ4n) is 4.84. The predicted octanol–water partition coefficient (Wildman–Crippen LogP) is 5.63. The summed E-state index contributed by atoms with van der Waals surface area (Å²) in [5, 5.41) is 18.1. The van der Waals surface area contributed by atoms with Gasteiger partial charge in [0.05, 0.1) is 22.8 Å². The van der Waals surface area contributed by atoms with Crippen molar-refractivity contribution >= 4 is 40.5 Å². The maximum Gasteiger partial charge on any atom is 0.208 e. The molecular formula is C29H37N7. The summed E-state index contributed by atoms with van der Waals surface area (Å²) >= 11 is 0. The van der Waals surface area contributed by atoms with Gasteiger partial charge in [0, 0.05) is 55.1 Å². The van der Waals surface area contributed by atoms with Crippen LogP contribution in [0.4, 0.5) is 11.4 Å². The van der Waals surface area contributed by atoms with Gasteiger partial charge in [-0.05, 0) is 61.9 Å². The Balaban J connectivity index is 1.81. The second-order valence-electron chi connectivity index (χ2n) is 9.60. The number of aliphatic imine (C=N–C) groups is 1. The minimum absolute atomic E-state index is 0.465. The van der Waals surface area contributed by atoms with Crippen LogP contribution < -0.4 is 20.9 Å². The molecule has 2 aliphatic heterocycles. The topological polar surface area (TPSA) is 88.4 Å². The average Bonchev–Trinajstić information content (AvgIpc) is 3.20. The normalized spacial score (nSPS) is 21.7. The summed E-state index contributed by atoms with van der Waals surface area (Å²) in [7, 11) is 3.81. The SMILES string of the molecule is C=C1/N=C2\Nc3ccc(C(=C)NC)cc3N2C[C@H](C)CCCC/C(NC)=C(/C=N)c2cc1cc(C)n2. The number of fused-ring (bicyclic) bond motifs is 5. The Hall–Kier alpha value is -3.87. The van der Waals surface area contributed by atoms with Crippen LogP contribution in [0.15, 0.2) is 54.2 Å². The summed E-state index contributed by atoms with van der Waals surface area (Å²) < 4.78 is 0. The highest BCUT2D eigenvalue weighted by atomic mass is 15.4. The minimum atomic E-state index is 0.465. The quantitative estimate of drug-likeness (QED) is 0.423. The fraction of sp³-hybridized carbons (Fsp3) is 0.345. The van der Waals surface area contributed by atoms with E-state index in [1.807, 2.05) is 33.2 Å². The molecule has 2 aromatic rings. The van der Waals surface area contributed by atoms with Crippen molar-refractivity contribution in [3.63, 3.8) is 0 Å². The third-order valence-corrected chi connectivity index (χ3v) is 6.88. The summed E-state index contributed by atoms with van der Waals surface area (Å²) in [5.74, 6) is 1.24. The molecule has 0 radical (unpaired) electrons. The molecule has 0 saturated heterocycles. The summed E-state index contributed by atoms with van der Waals surface area (Å²) in [5.41, 5.74) is 9.11. The Morgan fingerprint density at radius 3 is 2.75 bits per heavy atom. The van der Waals surface area contributed by atoms with Gasteiger partial charge in [0.2, 0.25) is 5.96 Å². The number of allylic oxidation sites excluding steroid dienone is 2. The zero-order chi connectivity index (χ0) is 25.8. The van der Waals surface area contributed by atoms with Crippen LogP contribution in [0.5, 0.6) is 0 Å². The number of nitrogens with one attached hydrogen (secondary N) is 4. The van der Waals surface area contributed by atoms with E-state index in [9.17, 15) is 0 Å². The van der Waals surface area contributed by atoms with Crippen molar-refractivity contribution in [3.8, 4) is 0 Å². The molecule has 7 heteroatoms. The lowest BCUT2D eigenvalue weighted by atomic mass is 9.99. The van der Waals surface area contributed by atoms with Crippen LogP contribution in [0.2, 0.25) is 0 Å². The summed E-state index contributed by atoms with van der Waals surface area (Å²) in [6.07, 6.45) is 5.54. The first-order valence-corrected chi connectivity index (χ1v) is 12.6. The molecule has 1 aromatic carbocycles. The van der Waals surface area contributed by atoms with Gasteiger partial charge in [0.25, 0.3) is 0 Å². The van der Waals surface area contributed by atoms with Crippen LogP contribution in [0, 0.1) is 18.3 Å². The van der Waals surface area contributed by atoms with Crippen LogP contribution in [0.3, 0.4) is 0 Å². The predicted molar refractivity (Wildman–Crippen MR) is 153 cm³/mol. The number of hydrogen-bond acceptors (Lipinski definition) is 7. The van der Waals surface area contributed by atoms with Crippen molar-refractivity contribution in [1.82, 2.24) is 15.6 Å². The number of pyridine rings is 1. The highest BCUT2D eigenvalue weighted by Gasteiger charge is 2.28. The maximum atomic E-state index is 8.11. The standard InChI is InChI=1S/C29H37N7/c1-18-9-7-8-10-25(32-6)24(16-30)27-14-23(13-19(2)33-27)21(4)34-29-35-26-12-11-22(20(3)31-5)15-28(26)36(29)17-18/h11-16,18,30-32H,3-4,7-10,17H2,1-2,5-6H3,(H,34,35)/b25-24+,30-16?/t18-/m1/s1. The number of hydrogen-bond donors (Lipinski definition) is 4. The van der Waals surface area contributed by atoms with Crippen LogP contribution in [-0.2, 0) is 0 Å². The first kappa shape index (κ1) is 25.2. The van der Waals surface area contributed by atoms with Gasteiger partial charge in [0.15, 0.2) is 0 Å². The van der Waals surface area contributed by atoms with E-state index in [2.05, 4.69) is 59.1 Å². The lowest BCUT2D eigenvalue weighted by Gasteiger charge is -2.24. The van der Waals surface area contributed by atoms with E-state index in [0.717, 1.165) is 89.0 Å². The van der Waals surface area contributed by atoms with Gasteiger partial charge in [-0.15, -0.1) is 0 Å². The molecule has 4 rings (SSSR count). The Morgan fingerprint density at radius 1 is 1.22 bits per heavy atom. The van der Waals surface area contributed by atoms with Gasteiger partial charge in [-0.3, -0.25) is 4.98 Å². The molecule has 1 atom stereocenters. The molecule has 0 spiro atoms. The zero-order valence-corrected chi connectivity index (χ0v) is 21.8. The van der Waals surface area contributed by atoms with E-state index in [0.29, 0.717) is 11.6 Å². The van der Waals surface area contributed by atoms with Crippen molar-refractivity contribution < 1.29 is 0 Å². The number of nitrogens with zero attached hydrogens (tertiary/aromatic N) is 3. The Kier molecular flexibility index (Phi) is 7.58. The largest absolute Gasteiger partial charge is 0.391 e. The minimum Gasteiger partial charge on any atom is -0.391 e. The van der Waals surface area contributed by atoms with Crippen LogP contribution in [0.1, 0.15) is 55.1 Å². The number of aryl methyl sites for hydroxylation is 1. The molecule has 0 amide bonds. The Labute approximate surface area is 214 Å². The molecule has 2 aliphatic rings. The highest BCUT2D eigenvalue weighted by molar-refractivity contribution is 6.16. The molecule has 0 saturated carbocycles. The van der Waals surface area contributed by atoms with Crippen molar-refractivity contribution in [1.29, 1.82) is 5.41 Å². The number of anilines is 2. The van der Waals surface area contributed by atoms with Crippen LogP contribution in [-0.4, -0.2) is 37.8 Å². The highest BCUT2D eigenvalue weighted by Crippen LogP contribution is 2.36. The molecule has 7 nitrogen and oxygen atoms in total. The van der Waals surface area contributed by atoms with Gasteiger partial charge in [-0.1, -0.05) is 32.6 Å². The number of benzene rings is 1. The van der Waals surface area contributed by atoms with Crippen molar-refractivity contribution in [3.05, 3.63) is 71.7 Å². The second kappa shape index (κ2) is 10.8. The van der Waals surface area contributed by atoms with Gasteiger partial charge in [-0.2, -0.15) is 0 Å². The molecule has 4 N–H and O–H groups in total. The number of guanidine groups is 1. The van der Waals surface area contributed by atoms with E-state index in [4.69, 9.17) is 15.4 Å². The van der Waals surface area contributed by atoms with E-state index in [1.165, 1.54) is 6.21 Å². The van der Waals surface area contributed by atoms with Gasteiger partial charge in [-0.25, -0.2) is 4.99 Å². The second-order valence-corrected chi connectivity index (χ2v) is 9.60. The summed E-state index contributed by atoms with van der Waals surface area (Å²) in [6, 6.07) is 10.3. The molecule has 36 heavy (non-hydrogen) atoms. The molecule has 3 heterocycles. The lowest BCUT2D eigenvalue weighted by molar-refractivity contribution is 0.504. The summed E-state index contributed by atoms with van der Waals surface area (Å²) in [4.78, 5) is 12.0. The Morgan fingerprint density at radius 2 is 2.03 bits per heavy atom. The van der Waals surface area contributed by atoms with E-state index >= 15 is 0 Å². The van der Waals surface area contributed by atoms with Crippen molar-refractivity contribution in [2.24, 2.45) is 10.9 Å².